The van der Waals surface area contributed by atoms with E-state index in [0.29, 0.717) is 23.1 Å². The maximum absolute atomic E-state index is 6.40. The Labute approximate surface area is 143 Å². The molecule has 2 aromatic carbocycles. The summed E-state index contributed by atoms with van der Waals surface area (Å²) in [6.45, 7) is 6.42. The van der Waals surface area contributed by atoms with E-state index in [0.717, 1.165) is 30.6 Å². The van der Waals surface area contributed by atoms with Gasteiger partial charge in [0.25, 0.3) is 0 Å². The monoisotopic (exact) mass is 333 g/mol. The Bertz CT molecular complexity index is 643. The van der Waals surface area contributed by atoms with Gasteiger partial charge < -0.3 is 14.8 Å². The van der Waals surface area contributed by atoms with Crippen LogP contribution in [0.2, 0.25) is 5.02 Å². The van der Waals surface area contributed by atoms with Crippen molar-refractivity contribution >= 4 is 11.6 Å². The summed E-state index contributed by atoms with van der Waals surface area (Å²) in [5.74, 6) is 1.26. The summed E-state index contributed by atoms with van der Waals surface area (Å²) >= 11 is 6.40. The summed E-state index contributed by atoms with van der Waals surface area (Å²) in [6.07, 6.45) is 1.10. The van der Waals surface area contributed by atoms with Gasteiger partial charge in [-0.1, -0.05) is 42.8 Å². The highest BCUT2D eigenvalue weighted by molar-refractivity contribution is 6.32. The minimum atomic E-state index is 0.468. The van der Waals surface area contributed by atoms with Crippen molar-refractivity contribution in [2.24, 2.45) is 0 Å². The van der Waals surface area contributed by atoms with E-state index in [-0.39, 0.29) is 0 Å². The minimum Gasteiger partial charge on any atom is -0.493 e. The molecule has 0 radical (unpaired) electrons. The first-order valence-corrected chi connectivity index (χ1v) is 8.28. The number of hydrogen-bond acceptors (Lipinski definition) is 3. The van der Waals surface area contributed by atoms with Gasteiger partial charge in [0.2, 0.25) is 0 Å². The van der Waals surface area contributed by atoms with E-state index in [1.165, 1.54) is 5.56 Å². The molecule has 1 N–H and O–H groups in total. The quantitative estimate of drug-likeness (QED) is 0.708. The highest BCUT2D eigenvalue weighted by Crippen LogP contribution is 2.37. The third kappa shape index (κ3) is 4.88. The number of hydrogen-bond donors (Lipinski definition) is 1. The lowest BCUT2D eigenvalue weighted by Gasteiger charge is -2.15. The first-order valence-electron chi connectivity index (χ1n) is 7.90. The summed E-state index contributed by atoms with van der Waals surface area (Å²) in [4.78, 5) is 0. The van der Waals surface area contributed by atoms with Crippen molar-refractivity contribution in [3.63, 3.8) is 0 Å². The van der Waals surface area contributed by atoms with Crippen molar-refractivity contribution in [2.75, 3.05) is 13.7 Å². The molecule has 0 saturated heterocycles. The van der Waals surface area contributed by atoms with Gasteiger partial charge in [-0.25, -0.2) is 0 Å². The van der Waals surface area contributed by atoms with Gasteiger partial charge in [0.1, 0.15) is 6.61 Å². The zero-order valence-electron chi connectivity index (χ0n) is 14.0. The van der Waals surface area contributed by atoms with Crippen LogP contribution in [0.5, 0.6) is 11.5 Å². The summed E-state index contributed by atoms with van der Waals surface area (Å²) < 4.78 is 11.4. The predicted octanol–water partition coefficient (Wildman–Crippen LogP) is 4.74. The molecule has 2 rings (SSSR count). The molecule has 0 heterocycles. The Hall–Kier alpha value is -1.71. The zero-order valence-corrected chi connectivity index (χ0v) is 14.7. The molecule has 3 nitrogen and oxygen atoms in total. The van der Waals surface area contributed by atoms with Crippen LogP contribution in [-0.4, -0.2) is 13.7 Å². The van der Waals surface area contributed by atoms with Crippen LogP contribution in [0.3, 0.4) is 0 Å². The molecule has 4 heteroatoms. The van der Waals surface area contributed by atoms with Crippen LogP contribution in [0.15, 0.2) is 36.4 Å². The highest BCUT2D eigenvalue weighted by atomic mass is 35.5. The molecule has 0 aliphatic carbocycles. The van der Waals surface area contributed by atoms with Crippen molar-refractivity contribution in [2.45, 2.75) is 33.4 Å². The van der Waals surface area contributed by atoms with E-state index >= 15 is 0 Å². The van der Waals surface area contributed by atoms with Crippen LogP contribution in [0.25, 0.3) is 0 Å². The van der Waals surface area contributed by atoms with Gasteiger partial charge >= 0.3 is 0 Å². The summed E-state index contributed by atoms with van der Waals surface area (Å²) in [7, 11) is 1.63. The molecule has 0 saturated carbocycles. The maximum Gasteiger partial charge on any atom is 0.180 e. The molecule has 0 aliphatic heterocycles. The van der Waals surface area contributed by atoms with Crippen molar-refractivity contribution in [3.05, 3.63) is 58.1 Å². The van der Waals surface area contributed by atoms with Crippen LogP contribution in [0, 0.1) is 6.92 Å². The molecular weight excluding hydrogens is 310 g/mol. The fourth-order valence-corrected chi connectivity index (χ4v) is 2.63. The lowest BCUT2D eigenvalue weighted by molar-refractivity contribution is 0.284. The molecule has 124 valence electrons. The Morgan fingerprint density at radius 2 is 1.96 bits per heavy atom. The lowest BCUT2D eigenvalue weighted by atomic mass is 10.1. The molecule has 0 spiro atoms. The van der Waals surface area contributed by atoms with Crippen LogP contribution < -0.4 is 14.8 Å². The van der Waals surface area contributed by atoms with E-state index in [1.54, 1.807) is 7.11 Å². The Kier molecular flexibility index (Phi) is 6.75. The lowest BCUT2D eigenvalue weighted by Crippen LogP contribution is -2.14. The highest BCUT2D eigenvalue weighted by Gasteiger charge is 2.12. The number of methoxy groups -OCH3 is 1. The summed E-state index contributed by atoms with van der Waals surface area (Å²) in [6, 6.07) is 12.1. The number of ether oxygens (including phenoxy) is 2. The molecule has 0 amide bonds. The van der Waals surface area contributed by atoms with Gasteiger partial charge in [-0.05, 0) is 48.7 Å². The third-order valence-electron chi connectivity index (χ3n) is 3.68. The summed E-state index contributed by atoms with van der Waals surface area (Å²) in [5, 5.41) is 3.93. The zero-order chi connectivity index (χ0) is 16.7. The largest absolute Gasteiger partial charge is 0.493 e. The van der Waals surface area contributed by atoms with E-state index in [4.69, 9.17) is 21.1 Å². The average molecular weight is 334 g/mol. The molecule has 0 atom stereocenters. The second-order valence-electron chi connectivity index (χ2n) is 5.50. The molecule has 0 aromatic heterocycles. The number of aryl methyl sites for hydroxylation is 1. The Morgan fingerprint density at radius 3 is 2.65 bits per heavy atom. The standard InChI is InChI=1S/C19H24ClNO2/c1-4-9-21-12-15-10-17(20)19(18(11-15)22-3)23-13-16-8-6-5-7-14(16)2/h5-8,10-11,21H,4,9,12-13H2,1-3H3. The van der Waals surface area contributed by atoms with Gasteiger partial charge in [-0.15, -0.1) is 0 Å². The fourth-order valence-electron chi connectivity index (χ4n) is 2.35. The van der Waals surface area contributed by atoms with Gasteiger partial charge in [-0.2, -0.15) is 0 Å². The van der Waals surface area contributed by atoms with E-state index < -0.39 is 0 Å². The Morgan fingerprint density at radius 1 is 1.17 bits per heavy atom. The smallest absolute Gasteiger partial charge is 0.180 e. The number of rotatable bonds is 8. The molecule has 0 bridgehead atoms. The van der Waals surface area contributed by atoms with Crippen molar-refractivity contribution in [1.82, 2.24) is 5.32 Å². The fraction of sp³-hybridized carbons (Fsp3) is 0.368. The topological polar surface area (TPSA) is 30.5 Å². The van der Waals surface area contributed by atoms with E-state index in [1.807, 2.05) is 24.3 Å². The van der Waals surface area contributed by atoms with Crippen LogP contribution in [0.1, 0.15) is 30.0 Å². The normalized spacial score (nSPS) is 10.6. The third-order valence-corrected chi connectivity index (χ3v) is 3.96. The van der Waals surface area contributed by atoms with Crippen molar-refractivity contribution < 1.29 is 9.47 Å². The predicted molar refractivity (Wildman–Crippen MR) is 95.5 cm³/mol. The van der Waals surface area contributed by atoms with E-state index in [9.17, 15) is 0 Å². The second-order valence-corrected chi connectivity index (χ2v) is 5.91. The molecule has 0 fully saturated rings. The first-order chi connectivity index (χ1) is 11.2. The Balaban J connectivity index is 2.13. The minimum absolute atomic E-state index is 0.468. The van der Waals surface area contributed by atoms with Crippen LogP contribution >= 0.6 is 11.6 Å². The van der Waals surface area contributed by atoms with Gasteiger partial charge in [-0.3, -0.25) is 0 Å². The number of benzene rings is 2. The first kappa shape index (κ1) is 17.6. The summed E-state index contributed by atoms with van der Waals surface area (Å²) in [5.41, 5.74) is 3.42. The maximum atomic E-state index is 6.40. The van der Waals surface area contributed by atoms with Gasteiger partial charge in [0, 0.05) is 6.54 Å². The number of nitrogens with one attached hydrogen (secondary N) is 1. The van der Waals surface area contributed by atoms with Gasteiger partial charge in [0.15, 0.2) is 11.5 Å². The van der Waals surface area contributed by atoms with E-state index in [2.05, 4.69) is 31.3 Å². The van der Waals surface area contributed by atoms with Crippen LogP contribution in [0.4, 0.5) is 0 Å². The average Bonchev–Trinajstić information content (AvgIpc) is 2.55. The van der Waals surface area contributed by atoms with Crippen molar-refractivity contribution in [1.29, 1.82) is 0 Å². The van der Waals surface area contributed by atoms with Gasteiger partial charge in [0.05, 0.1) is 12.1 Å². The van der Waals surface area contributed by atoms with Crippen molar-refractivity contribution in [3.8, 4) is 11.5 Å². The molecule has 2 aromatic rings. The molecule has 23 heavy (non-hydrogen) atoms. The molecule has 0 unspecified atom stereocenters. The SMILES string of the molecule is CCCNCc1cc(Cl)c(OCc2ccccc2C)c(OC)c1. The van der Waals surface area contributed by atoms with Crippen LogP contribution in [-0.2, 0) is 13.2 Å². The molecular formula is C19H24ClNO2. The second kappa shape index (κ2) is 8.80. The molecule has 0 aliphatic rings. The number of halogens is 1.